The van der Waals surface area contributed by atoms with E-state index in [0.717, 1.165) is 5.69 Å². The molecule has 112 heavy (non-hydrogen) atoms. The number of nitrogens with zero attached hydrogens (tertiary/aromatic N) is 2. The second-order valence-electron chi connectivity index (χ2n) is 34.1. The van der Waals surface area contributed by atoms with Gasteiger partial charge in [0, 0.05) is 58.6 Å². The quantitative estimate of drug-likeness (QED) is 0.103. The van der Waals surface area contributed by atoms with Gasteiger partial charge in [-0.15, -0.1) is 0 Å². The largest absolute Gasteiger partial charge is 0.355 e. The molecule has 0 spiro atoms. The Morgan fingerprint density at radius 1 is 0.250 bits per heavy atom. The fourth-order valence-electron chi connectivity index (χ4n) is 17.5. The third-order valence-electron chi connectivity index (χ3n) is 23.8. The molecular formula is C107H107Br2N3. The first kappa shape index (κ1) is 77.3. The third kappa shape index (κ3) is 14.3. The van der Waals surface area contributed by atoms with Gasteiger partial charge in [-0.3, -0.25) is 0 Å². The molecule has 0 fully saturated rings. The van der Waals surface area contributed by atoms with E-state index < -0.39 is 0 Å². The molecule has 0 heterocycles. The van der Waals surface area contributed by atoms with Crippen LogP contribution >= 0.6 is 31.9 Å². The molecule has 0 aliphatic heterocycles. The molecule has 5 heteroatoms. The summed E-state index contributed by atoms with van der Waals surface area (Å²) >= 11 is 7.63. The Kier molecular flexibility index (Phi) is 21.5. The van der Waals surface area contributed by atoms with Crippen molar-refractivity contribution in [2.24, 2.45) is 0 Å². The Labute approximate surface area is 682 Å². The fourth-order valence-corrected chi connectivity index (χ4v) is 18.6. The van der Waals surface area contributed by atoms with E-state index in [4.69, 9.17) is 0 Å². The number of benzene rings is 17. The Bertz CT molecular complexity index is 6080. The number of halogens is 2. The summed E-state index contributed by atoms with van der Waals surface area (Å²) in [5, 5.41) is 27.2. The number of nitrogens with one attached hydrogen (secondary N) is 1. The van der Waals surface area contributed by atoms with E-state index in [1.54, 1.807) is 0 Å². The van der Waals surface area contributed by atoms with E-state index >= 15 is 0 Å². The molecule has 17 aromatic carbocycles. The van der Waals surface area contributed by atoms with Crippen molar-refractivity contribution in [3.8, 4) is 0 Å². The molecule has 17 rings (SSSR count). The number of fused-ring (bicyclic) bond motifs is 3. The zero-order chi connectivity index (χ0) is 79.2. The third-order valence-corrected chi connectivity index (χ3v) is 25.1. The first-order valence-electron chi connectivity index (χ1n) is 40.7. The highest BCUT2D eigenvalue weighted by Gasteiger charge is 2.30. The Hall–Kier alpha value is -10.0. The molecule has 0 radical (unpaired) electrons. The predicted molar refractivity (Wildman–Crippen MR) is 501 cm³/mol. The highest BCUT2D eigenvalue weighted by atomic mass is 79.9. The number of rotatable bonds is 15. The zero-order valence-corrected chi connectivity index (χ0v) is 72.4. The Balaban J connectivity index is 0.000000174. The van der Waals surface area contributed by atoms with E-state index in [-0.39, 0.29) is 11.8 Å². The molecule has 0 unspecified atom stereocenters. The van der Waals surface area contributed by atoms with Gasteiger partial charge in [-0.1, -0.05) is 303 Å². The van der Waals surface area contributed by atoms with Gasteiger partial charge in [0.15, 0.2) is 0 Å². The molecule has 3 nitrogen and oxygen atoms in total. The van der Waals surface area contributed by atoms with E-state index in [1.165, 1.54) is 218 Å². The summed E-state index contributed by atoms with van der Waals surface area (Å²) in [7, 11) is 0. The lowest BCUT2D eigenvalue weighted by Gasteiger charge is -2.33. The van der Waals surface area contributed by atoms with Crippen LogP contribution in [0.15, 0.2) is 246 Å². The van der Waals surface area contributed by atoms with Crippen LogP contribution in [0, 0.1) is 41.5 Å². The van der Waals surface area contributed by atoms with Gasteiger partial charge >= 0.3 is 0 Å². The monoisotopic (exact) mass is 1590 g/mol. The minimum absolute atomic E-state index is 0.288. The van der Waals surface area contributed by atoms with Crippen LogP contribution in [0.5, 0.6) is 0 Å². The van der Waals surface area contributed by atoms with Crippen molar-refractivity contribution >= 4 is 174 Å². The maximum atomic E-state index is 3.81. The highest BCUT2D eigenvalue weighted by molar-refractivity contribution is 9.11. The SMILES string of the molecule is CC(C)c1cc(Br)c2ccc3c(C(C)C)cc(Br)c4ccc1c2c43.Cc1ccc2ccc(C)c(N(c3ccc(C(C)C)cc3)c3cc(C(C)C)c4ccc5c(N(c6ccc(C(C)C)cc6)c6c(C)ccc7ccc(C)cc67)cc(C(C)C)c6ccc3c4c65)c2c1.Cc1ccc2ccc(C)c(Nc3ccc(C(C)C)cc3)c2c1. The van der Waals surface area contributed by atoms with Crippen LogP contribution in [0.2, 0.25) is 0 Å². The second-order valence-corrected chi connectivity index (χ2v) is 35.8. The maximum absolute atomic E-state index is 3.81. The first-order chi connectivity index (χ1) is 53.6. The van der Waals surface area contributed by atoms with Gasteiger partial charge in [0.05, 0.1) is 22.7 Å². The zero-order valence-electron chi connectivity index (χ0n) is 69.2. The van der Waals surface area contributed by atoms with E-state index in [2.05, 4.69) is 422 Å². The number of anilines is 8. The molecule has 0 aromatic heterocycles. The fraction of sp³-hybridized carbons (Fsp3) is 0.252. The summed E-state index contributed by atoms with van der Waals surface area (Å²) in [6.07, 6.45) is 0. The van der Waals surface area contributed by atoms with Crippen LogP contribution < -0.4 is 15.1 Å². The molecule has 0 aliphatic carbocycles. The van der Waals surface area contributed by atoms with Gasteiger partial charge in [-0.05, 0) is 287 Å². The molecule has 0 saturated carbocycles. The molecule has 0 aliphatic rings. The van der Waals surface area contributed by atoms with Crippen molar-refractivity contribution in [3.63, 3.8) is 0 Å². The molecule has 0 saturated heterocycles. The number of aryl methyl sites for hydroxylation is 6. The predicted octanol–water partition coefficient (Wildman–Crippen LogP) is 34.2. The summed E-state index contributed by atoms with van der Waals surface area (Å²) < 4.78 is 2.39. The number of hydrogen-bond donors (Lipinski definition) is 1. The topological polar surface area (TPSA) is 18.5 Å². The molecule has 1 N–H and O–H groups in total. The van der Waals surface area contributed by atoms with Gasteiger partial charge in [-0.2, -0.15) is 0 Å². The van der Waals surface area contributed by atoms with Gasteiger partial charge in [-0.25, -0.2) is 0 Å². The van der Waals surface area contributed by atoms with E-state index in [9.17, 15) is 0 Å². The highest BCUT2D eigenvalue weighted by Crippen LogP contribution is 2.54. The van der Waals surface area contributed by atoms with Gasteiger partial charge in [0.2, 0.25) is 0 Å². The summed E-state index contributed by atoms with van der Waals surface area (Å²) in [6.45, 7) is 45.4. The van der Waals surface area contributed by atoms with Crippen molar-refractivity contribution in [1.29, 1.82) is 0 Å². The van der Waals surface area contributed by atoms with Crippen molar-refractivity contribution in [2.75, 3.05) is 15.1 Å². The van der Waals surface area contributed by atoms with Crippen LogP contribution in [-0.2, 0) is 0 Å². The van der Waals surface area contributed by atoms with Crippen LogP contribution in [0.4, 0.5) is 45.5 Å². The summed E-state index contributed by atoms with van der Waals surface area (Å²) in [5.74, 6) is 3.02. The normalized spacial score (nSPS) is 12.0. The second kappa shape index (κ2) is 31.1. The van der Waals surface area contributed by atoms with E-state index in [0.29, 0.717) is 29.6 Å². The molecule has 564 valence electrons. The molecule has 0 amide bonds. The molecule has 17 aromatic rings. The van der Waals surface area contributed by atoms with Crippen molar-refractivity contribution < 1.29 is 0 Å². The van der Waals surface area contributed by atoms with Gasteiger partial charge < -0.3 is 15.1 Å². The van der Waals surface area contributed by atoms with E-state index in [1.807, 2.05) is 0 Å². The van der Waals surface area contributed by atoms with Crippen molar-refractivity contribution in [3.05, 3.63) is 318 Å². The summed E-state index contributed by atoms with van der Waals surface area (Å²) in [5.41, 5.74) is 26.8. The lowest BCUT2D eigenvalue weighted by atomic mass is 9.83. The standard InChI is InChI=1S/C64H64N2.C22H20Br2.C21H23N/c1-37(2)45-21-25-49(26-22-45)65(63-43(11)15-19-47-17-13-41(9)33-57(47)63)59-35-55(39(5)6)51-30-32-54-60(36-56(40(7)8)52-29-31-53(59)61(51)62(52)54)66(50-27-23-46(24-28-50)38(3)4)64-44(12)16-20-48-18-14-42(10)34-58(48)64;1-11(2)17-9-19(23)15-8-6-14-18(12(3)4)10-20(24)16-7-5-13(17)21(15)22(14)16;1-14(2)17-9-11-19(12-10-17)22-21-16(4)6-8-18-7-5-15(3)13-20(18)21/h13-40H,1-12H3;5-12H,1-4H3;5-14,22H,1-4H3. The Morgan fingerprint density at radius 2 is 0.536 bits per heavy atom. The van der Waals surface area contributed by atoms with Crippen LogP contribution in [0.1, 0.15) is 211 Å². The van der Waals surface area contributed by atoms with Gasteiger partial charge in [0.1, 0.15) is 0 Å². The van der Waals surface area contributed by atoms with Gasteiger partial charge in [0.25, 0.3) is 0 Å². The number of hydrogen-bond acceptors (Lipinski definition) is 3. The smallest absolute Gasteiger partial charge is 0.0569 e. The average Bonchev–Trinajstić information content (AvgIpc) is 0.707. The summed E-state index contributed by atoms with van der Waals surface area (Å²) in [4.78, 5) is 5.18. The lowest BCUT2D eigenvalue weighted by molar-refractivity contribution is 0.866. The lowest BCUT2D eigenvalue weighted by Crippen LogP contribution is -2.15. The van der Waals surface area contributed by atoms with Crippen LogP contribution in [0.3, 0.4) is 0 Å². The maximum Gasteiger partial charge on any atom is 0.0569 e. The average molecular weight is 1590 g/mol. The minimum atomic E-state index is 0.288. The minimum Gasteiger partial charge on any atom is -0.355 e. The molecular weight excluding hydrogens is 1490 g/mol. The van der Waals surface area contributed by atoms with Crippen LogP contribution in [0.25, 0.3) is 97.0 Å². The van der Waals surface area contributed by atoms with Crippen molar-refractivity contribution in [1.82, 2.24) is 0 Å². The molecule has 0 atom stereocenters. The molecule has 0 bridgehead atoms. The Morgan fingerprint density at radius 3 is 0.884 bits per heavy atom. The van der Waals surface area contributed by atoms with Crippen molar-refractivity contribution in [2.45, 2.75) is 180 Å². The summed E-state index contributed by atoms with van der Waals surface area (Å²) in [6, 6.07) is 90.0. The first-order valence-corrected chi connectivity index (χ1v) is 42.3. The van der Waals surface area contributed by atoms with Crippen LogP contribution in [-0.4, -0.2) is 0 Å².